The minimum Gasteiger partial charge on any atom is -0.394 e. The molecule has 1 heterocycles. The molecule has 7 N–H and O–H groups in total. The topological polar surface area (TPSA) is 169 Å². The Hall–Kier alpha value is -1.63. The summed E-state index contributed by atoms with van der Waals surface area (Å²) in [7, 11) is 0. The summed E-state index contributed by atoms with van der Waals surface area (Å²) in [5, 5.41) is 64.4. The van der Waals surface area contributed by atoms with Crippen LogP contribution >= 0.6 is 0 Å². The van der Waals surface area contributed by atoms with E-state index < -0.39 is 61.5 Å². The molecule has 0 aromatic rings. The van der Waals surface area contributed by atoms with Crippen LogP contribution in [0, 0.1) is 0 Å². The summed E-state index contributed by atoms with van der Waals surface area (Å²) in [6, 6.07) is -1.03. The summed E-state index contributed by atoms with van der Waals surface area (Å²) in [4.78, 5) is 13.0. The van der Waals surface area contributed by atoms with Gasteiger partial charge < -0.3 is 45.4 Å². The van der Waals surface area contributed by atoms with Crippen molar-refractivity contribution in [3.05, 3.63) is 36.0 Å². The van der Waals surface area contributed by atoms with Crippen LogP contribution in [-0.4, -0.2) is 98.7 Å². The smallest absolute Gasteiger partial charge is 0.253 e. The van der Waals surface area contributed by atoms with Gasteiger partial charge in [-0.25, -0.2) is 0 Å². The Kier molecular flexibility index (Phi) is 30.4. The maximum atomic E-state index is 13.0. The van der Waals surface area contributed by atoms with Crippen molar-refractivity contribution in [2.24, 2.45) is 0 Å². The Morgan fingerprint density at radius 2 is 1.23 bits per heavy atom. The quantitative estimate of drug-likeness (QED) is 0.0274. The van der Waals surface area contributed by atoms with Gasteiger partial charge in [-0.15, -0.1) is 0 Å². The van der Waals surface area contributed by atoms with Crippen LogP contribution in [0.1, 0.15) is 168 Å². The average Bonchev–Trinajstić information content (AvgIpc) is 3.15. The van der Waals surface area contributed by atoms with Crippen molar-refractivity contribution in [3.63, 3.8) is 0 Å². The SMILES string of the molecule is CCCCCCCCCCCCCC/C=C/C(O)C(=O)NC(CO[C@@H]1O[C@@H](CO)[C@@H](O)[C@H](O)[C@@H]1O)C(O)/C=C/CC/C=C(\C)CCCCCCCCC. The third kappa shape index (κ3) is 23.8. The van der Waals surface area contributed by atoms with Crippen LogP contribution in [0.2, 0.25) is 0 Å². The molecule has 1 aliphatic rings. The zero-order valence-corrected chi connectivity index (χ0v) is 33.6. The standard InChI is InChI=1S/C43H79NO9/c1-4-6-8-10-12-13-14-15-16-17-18-20-22-26-31-37(47)42(51)44-35(33-52-43-41(50)40(49)39(48)38(32-45)53-43)36(46)30-27-23-25-29-34(3)28-24-21-19-11-9-7-5-2/h26-27,29-31,35-41,43,45-50H,4-25,28,32-33H2,1-3H3,(H,44,51)/b30-27+,31-26+,34-29+/t35?,36?,37?,38-,39+,40-,41-,43+/m0/s1. The van der Waals surface area contributed by atoms with Crippen LogP contribution in [-0.2, 0) is 14.3 Å². The van der Waals surface area contributed by atoms with Crippen molar-refractivity contribution in [2.45, 2.75) is 217 Å². The third-order valence-corrected chi connectivity index (χ3v) is 10.2. The number of carbonyl (C=O) groups excluding carboxylic acids is 1. The number of aliphatic hydroxyl groups excluding tert-OH is 6. The van der Waals surface area contributed by atoms with Gasteiger partial charge in [-0.1, -0.05) is 159 Å². The van der Waals surface area contributed by atoms with Crippen molar-refractivity contribution in [1.82, 2.24) is 5.32 Å². The van der Waals surface area contributed by atoms with Gasteiger partial charge in [-0.3, -0.25) is 4.79 Å². The largest absolute Gasteiger partial charge is 0.394 e. The fourth-order valence-electron chi connectivity index (χ4n) is 6.57. The lowest BCUT2D eigenvalue weighted by Crippen LogP contribution is -2.60. The molecule has 0 aliphatic carbocycles. The van der Waals surface area contributed by atoms with Crippen molar-refractivity contribution in [1.29, 1.82) is 0 Å². The molecule has 1 fully saturated rings. The number of allylic oxidation sites excluding steroid dienone is 4. The van der Waals surface area contributed by atoms with E-state index in [1.54, 1.807) is 12.2 Å². The zero-order chi connectivity index (χ0) is 39.1. The van der Waals surface area contributed by atoms with Crippen LogP contribution in [0.3, 0.4) is 0 Å². The predicted octanol–water partition coefficient (Wildman–Crippen LogP) is 7.08. The van der Waals surface area contributed by atoms with Crippen molar-refractivity contribution < 1.29 is 44.9 Å². The van der Waals surface area contributed by atoms with Crippen LogP contribution in [0.15, 0.2) is 36.0 Å². The first-order valence-corrected chi connectivity index (χ1v) is 21.2. The van der Waals surface area contributed by atoms with Gasteiger partial charge in [0.1, 0.15) is 24.4 Å². The normalized spacial score (nSPS) is 22.8. The summed E-state index contributed by atoms with van der Waals surface area (Å²) in [5.41, 5.74) is 1.35. The number of hydrogen-bond acceptors (Lipinski definition) is 9. The molecule has 0 bridgehead atoms. The molecule has 1 saturated heterocycles. The van der Waals surface area contributed by atoms with Crippen molar-refractivity contribution in [3.8, 4) is 0 Å². The Balaban J connectivity index is 2.59. The fraction of sp³-hybridized carbons (Fsp3) is 0.837. The highest BCUT2D eigenvalue weighted by Crippen LogP contribution is 2.22. The van der Waals surface area contributed by atoms with Crippen LogP contribution in [0.5, 0.6) is 0 Å². The molecule has 310 valence electrons. The van der Waals surface area contributed by atoms with E-state index >= 15 is 0 Å². The van der Waals surface area contributed by atoms with E-state index in [4.69, 9.17) is 9.47 Å². The van der Waals surface area contributed by atoms with Gasteiger partial charge in [0, 0.05) is 0 Å². The first-order chi connectivity index (χ1) is 25.7. The Morgan fingerprint density at radius 1 is 0.698 bits per heavy atom. The van der Waals surface area contributed by atoms with Gasteiger partial charge in [-0.2, -0.15) is 0 Å². The van der Waals surface area contributed by atoms with E-state index in [0.717, 1.165) is 32.1 Å². The second kappa shape index (κ2) is 32.6. The van der Waals surface area contributed by atoms with Crippen LogP contribution in [0.4, 0.5) is 0 Å². The van der Waals surface area contributed by atoms with Gasteiger partial charge in [0.25, 0.3) is 5.91 Å². The number of rotatable bonds is 33. The van der Waals surface area contributed by atoms with Crippen LogP contribution in [0.25, 0.3) is 0 Å². The summed E-state index contributed by atoms with van der Waals surface area (Å²) >= 11 is 0. The highest BCUT2D eigenvalue weighted by Gasteiger charge is 2.44. The van der Waals surface area contributed by atoms with E-state index in [2.05, 4.69) is 32.2 Å². The van der Waals surface area contributed by atoms with Gasteiger partial charge in [0.15, 0.2) is 12.4 Å². The van der Waals surface area contributed by atoms with E-state index in [-0.39, 0.29) is 6.61 Å². The third-order valence-electron chi connectivity index (χ3n) is 10.2. The number of carbonyl (C=O) groups is 1. The first-order valence-electron chi connectivity index (χ1n) is 21.2. The molecule has 1 aliphatic heterocycles. The number of unbranched alkanes of at least 4 members (excludes halogenated alkanes) is 19. The molecule has 0 saturated carbocycles. The van der Waals surface area contributed by atoms with Crippen molar-refractivity contribution >= 4 is 5.91 Å². The molecule has 0 aromatic carbocycles. The van der Waals surface area contributed by atoms with E-state index in [1.807, 2.05) is 6.08 Å². The Morgan fingerprint density at radius 3 is 1.79 bits per heavy atom. The molecule has 10 heteroatoms. The molecular formula is C43H79NO9. The Bertz CT molecular complexity index is 971. The minimum absolute atomic E-state index is 0.341. The predicted molar refractivity (Wildman–Crippen MR) is 213 cm³/mol. The number of hydrogen-bond donors (Lipinski definition) is 7. The summed E-state index contributed by atoms with van der Waals surface area (Å²) in [6.45, 7) is 5.67. The maximum Gasteiger partial charge on any atom is 0.253 e. The highest BCUT2D eigenvalue weighted by molar-refractivity contribution is 5.82. The van der Waals surface area contributed by atoms with Gasteiger partial charge in [-0.05, 0) is 45.4 Å². The lowest BCUT2D eigenvalue weighted by Gasteiger charge is -2.40. The minimum atomic E-state index is -1.62. The zero-order valence-electron chi connectivity index (χ0n) is 33.6. The van der Waals surface area contributed by atoms with Crippen molar-refractivity contribution in [2.75, 3.05) is 13.2 Å². The number of ether oxygens (including phenoxy) is 2. The summed E-state index contributed by atoms with van der Waals surface area (Å²) < 4.78 is 11.1. The van der Waals surface area contributed by atoms with Crippen LogP contribution < -0.4 is 5.32 Å². The molecule has 3 unspecified atom stereocenters. The molecule has 1 rings (SSSR count). The average molecular weight is 754 g/mol. The molecule has 0 aromatic heterocycles. The molecule has 0 radical (unpaired) electrons. The van der Waals surface area contributed by atoms with Gasteiger partial charge in [0.2, 0.25) is 0 Å². The summed E-state index contributed by atoms with van der Waals surface area (Å²) in [6.07, 6.45) is 26.3. The maximum absolute atomic E-state index is 13.0. The second-order valence-corrected chi connectivity index (χ2v) is 15.1. The van der Waals surface area contributed by atoms with E-state index in [9.17, 15) is 35.4 Å². The lowest BCUT2D eigenvalue weighted by atomic mass is 9.99. The van der Waals surface area contributed by atoms with Gasteiger partial charge in [0.05, 0.1) is 25.4 Å². The van der Waals surface area contributed by atoms with Gasteiger partial charge >= 0.3 is 0 Å². The second-order valence-electron chi connectivity index (χ2n) is 15.1. The molecular weight excluding hydrogens is 674 g/mol. The number of aliphatic hydroxyl groups is 6. The highest BCUT2D eigenvalue weighted by atomic mass is 16.7. The molecule has 0 spiro atoms. The van der Waals surface area contributed by atoms with E-state index in [1.165, 1.54) is 121 Å². The molecule has 10 nitrogen and oxygen atoms in total. The van der Waals surface area contributed by atoms with E-state index in [0.29, 0.717) is 6.42 Å². The molecule has 8 atom stereocenters. The molecule has 53 heavy (non-hydrogen) atoms. The number of amides is 1. The first kappa shape index (κ1) is 49.4. The lowest BCUT2D eigenvalue weighted by molar-refractivity contribution is -0.302. The number of nitrogens with one attached hydrogen (secondary N) is 1. The summed E-state index contributed by atoms with van der Waals surface area (Å²) in [5.74, 6) is -0.713. The monoisotopic (exact) mass is 754 g/mol. The molecule has 1 amide bonds. The fourth-order valence-corrected chi connectivity index (χ4v) is 6.57. The Labute approximate surface area is 322 Å².